The van der Waals surface area contributed by atoms with Gasteiger partial charge in [0.25, 0.3) is 0 Å². The zero-order valence-corrected chi connectivity index (χ0v) is 17.9. The second-order valence-electron chi connectivity index (χ2n) is 7.46. The van der Waals surface area contributed by atoms with Crippen molar-refractivity contribution >= 4 is 5.96 Å². The summed E-state index contributed by atoms with van der Waals surface area (Å²) >= 11 is 0. The fraction of sp³-hybridized carbons (Fsp3) is 0.667. The highest BCUT2D eigenvalue weighted by atomic mass is 16.5. The molecule has 0 saturated heterocycles. The van der Waals surface area contributed by atoms with Crippen molar-refractivity contribution in [1.82, 2.24) is 15.5 Å². The molecule has 1 fully saturated rings. The van der Waals surface area contributed by atoms with E-state index in [4.69, 9.17) is 14.5 Å². The van der Waals surface area contributed by atoms with Crippen molar-refractivity contribution in [3.63, 3.8) is 0 Å². The summed E-state index contributed by atoms with van der Waals surface area (Å²) in [5, 5.41) is 16.6. The van der Waals surface area contributed by atoms with Gasteiger partial charge >= 0.3 is 0 Å². The Morgan fingerprint density at radius 3 is 2.43 bits per heavy atom. The van der Waals surface area contributed by atoms with Gasteiger partial charge in [0.15, 0.2) is 17.5 Å². The van der Waals surface area contributed by atoms with Crippen molar-refractivity contribution in [2.45, 2.75) is 50.8 Å². The number of aliphatic imine (C=N–C) groups is 1. The average Bonchev–Trinajstić information content (AvgIpc) is 2.69. The van der Waals surface area contributed by atoms with Crippen LogP contribution in [-0.2, 0) is 0 Å². The summed E-state index contributed by atoms with van der Waals surface area (Å²) in [4.78, 5) is 7.00. The summed E-state index contributed by atoms with van der Waals surface area (Å²) in [6.07, 6.45) is 3.49. The van der Waals surface area contributed by atoms with E-state index in [1.54, 1.807) is 14.2 Å². The highest BCUT2D eigenvalue weighted by molar-refractivity contribution is 5.80. The summed E-state index contributed by atoms with van der Waals surface area (Å²) in [5.41, 5.74) is 1.13. The van der Waals surface area contributed by atoms with Crippen molar-refractivity contribution in [2.24, 2.45) is 4.99 Å². The molecule has 0 aromatic heterocycles. The molecule has 1 aromatic rings. The fourth-order valence-electron chi connectivity index (χ4n) is 3.54. The molecule has 0 radical (unpaired) electrons. The van der Waals surface area contributed by atoms with E-state index in [0.29, 0.717) is 12.6 Å². The Labute approximate surface area is 169 Å². The van der Waals surface area contributed by atoms with Crippen molar-refractivity contribution < 1.29 is 14.6 Å². The Balaban J connectivity index is 2.12. The van der Waals surface area contributed by atoms with Gasteiger partial charge in [0.1, 0.15) is 0 Å². The second kappa shape index (κ2) is 11.1. The summed E-state index contributed by atoms with van der Waals surface area (Å²) in [6.45, 7) is 3.50. The number of hydrogen-bond acceptors (Lipinski definition) is 5. The molecule has 2 rings (SSSR count). The van der Waals surface area contributed by atoms with Crippen LogP contribution in [0.1, 0.15) is 44.2 Å². The summed E-state index contributed by atoms with van der Waals surface area (Å²) in [5.74, 6) is 2.28. The SMILES string of the molecule is CCNC(=NCC(c1ccc(OC)c(OC)c1)N(C)C)NC1CCC(O)CC1. The number of aliphatic hydroxyl groups is 1. The molecule has 28 heavy (non-hydrogen) atoms. The van der Waals surface area contributed by atoms with Gasteiger partial charge in [-0.1, -0.05) is 6.07 Å². The number of aliphatic hydroxyl groups excluding tert-OH is 1. The number of rotatable bonds is 8. The van der Waals surface area contributed by atoms with Crippen LogP contribution in [0.3, 0.4) is 0 Å². The molecule has 1 saturated carbocycles. The standard InChI is InChI=1S/C21H36N4O3/c1-6-22-21(24-16-8-10-17(26)11-9-16)23-14-18(25(2)3)15-7-12-19(27-4)20(13-15)28-5/h7,12-13,16-18,26H,6,8-11,14H2,1-5H3,(H2,22,23,24). The lowest BCUT2D eigenvalue weighted by atomic mass is 9.93. The van der Waals surface area contributed by atoms with Crippen LogP contribution in [0.2, 0.25) is 0 Å². The number of nitrogens with zero attached hydrogens (tertiary/aromatic N) is 2. The Bertz CT molecular complexity index is 628. The van der Waals surface area contributed by atoms with Crippen LogP contribution in [0.25, 0.3) is 0 Å². The van der Waals surface area contributed by atoms with Crippen LogP contribution in [0.15, 0.2) is 23.2 Å². The molecule has 1 atom stereocenters. The number of ether oxygens (including phenoxy) is 2. The minimum Gasteiger partial charge on any atom is -0.493 e. The first-order valence-corrected chi connectivity index (χ1v) is 10.1. The highest BCUT2D eigenvalue weighted by Gasteiger charge is 2.21. The van der Waals surface area contributed by atoms with E-state index in [-0.39, 0.29) is 12.1 Å². The minimum absolute atomic E-state index is 0.114. The molecule has 1 aliphatic carbocycles. The van der Waals surface area contributed by atoms with Crippen molar-refractivity contribution in [1.29, 1.82) is 0 Å². The van der Waals surface area contributed by atoms with E-state index in [1.807, 2.05) is 12.1 Å². The minimum atomic E-state index is -0.152. The van der Waals surface area contributed by atoms with E-state index >= 15 is 0 Å². The van der Waals surface area contributed by atoms with Gasteiger partial charge in [-0.15, -0.1) is 0 Å². The topological polar surface area (TPSA) is 78.4 Å². The maximum atomic E-state index is 9.71. The van der Waals surface area contributed by atoms with Crippen LogP contribution >= 0.6 is 0 Å². The van der Waals surface area contributed by atoms with Crippen LogP contribution in [0.5, 0.6) is 11.5 Å². The fourth-order valence-corrected chi connectivity index (χ4v) is 3.54. The van der Waals surface area contributed by atoms with Gasteiger partial charge in [-0.05, 0) is 64.4 Å². The van der Waals surface area contributed by atoms with Crippen LogP contribution < -0.4 is 20.1 Å². The van der Waals surface area contributed by atoms with Crippen LogP contribution in [0.4, 0.5) is 0 Å². The molecule has 1 aliphatic rings. The molecule has 0 spiro atoms. The largest absolute Gasteiger partial charge is 0.493 e. The van der Waals surface area contributed by atoms with Gasteiger partial charge in [0.2, 0.25) is 0 Å². The number of benzene rings is 1. The third-order valence-electron chi connectivity index (χ3n) is 5.22. The van der Waals surface area contributed by atoms with Gasteiger partial charge in [0.05, 0.1) is 32.9 Å². The van der Waals surface area contributed by atoms with Gasteiger partial charge in [-0.25, -0.2) is 0 Å². The Morgan fingerprint density at radius 2 is 1.86 bits per heavy atom. The normalized spacial score (nSPS) is 21.3. The van der Waals surface area contributed by atoms with Gasteiger partial charge < -0.3 is 30.1 Å². The first kappa shape index (κ1) is 22.3. The molecule has 158 valence electrons. The highest BCUT2D eigenvalue weighted by Crippen LogP contribution is 2.31. The first-order chi connectivity index (χ1) is 13.5. The number of hydrogen-bond donors (Lipinski definition) is 3. The Hall–Kier alpha value is -1.99. The molecule has 0 bridgehead atoms. The van der Waals surface area contributed by atoms with Gasteiger partial charge in [-0.2, -0.15) is 0 Å². The van der Waals surface area contributed by atoms with E-state index in [2.05, 4.69) is 42.6 Å². The predicted molar refractivity (Wildman–Crippen MR) is 113 cm³/mol. The maximum absolute atomic E-state index is 9.71. The number of likely N-dealkylation sites (N-methyl/N-ethyl adjacent to an activating group) is 1. The lowest BCUT2D eigenvalue weighted by Crippen LogP contribution is -2.45. The van der Waals surface area contributed by atoms with Gasteiger partial charge in [0, 0.05) is 12.6 Å². The van der Waals surface area contributed by atoms with E-state index in [1.165, 1.54) is 0 Å². The molecule has 7 nitrogen and oxygen atoms in total. The van der Waals surface area contributed by atoms with E-state index in [9.17, 15) is 5.11 Å². The number of nitrogens with one attached hydrogen (secondary N) is 2. The third-order valence-corrected chi connectivity index (χ3v) is 5.22. The molecular formula is C21H36N4O3. The smallest absolute Gasteiger partial charge is 0.191 e. The zero-order valence-electron chi connectivity index (χ0n) is 17.9. The zero-order chi connectivity index (χ0) is 20.5. The number of methoxy groups -OCH3 is 2. The summed E-state index contributed by atoms with van der Waals surface area (Å²) in [6, 6.07) is 6.49. The molecule has 7 heteroatoms. The molecular weight excluding hydrogens is 356 g/mol. The molecule has 1 unspecified atom stereocenters. The summed E-state index contributed by atoms with van der Waals surface area (Å²) in [7, 11) is 7.40. The summed E-state index contributed by atoms with van der Waals surface area (Å²) < 4.78 is 10.8. The van der Waals surface area contributed by atoms with Crippen molar-refractivity contribution in [2.75, 3.05) is 41.4 Å². The molecule has 0 aliphatic heterocycles. The molecule has 3 N–H and O–H groups in total. The van der Waals surface area contributed by atoms with Crippen molar-refractivity contribution in [3.05, 3.63) is 23.8 Å². The molecule has 1 aromatic carbocycles. The first-order valence-electron chi connectivity index (χ1n) is 10.1. The lowest BCUT2D eigenvalue weighted by Gasteiger charge is -2.28. The third kappa shape index (κ3) is 6.27. The van der Waals surface area contributed by atoms with Gasteiger partial charge in [-0.3, -0.25) is 4.99 Å². The quantitative estimate of drug-likeness (QED) is 0.465. The van der Waals surface area contributed by atoms with Crippen LogP contribution in [0, 0.1) is 0 Å². The molecule has 0 heterocycles. The Morgan fingerprint density at radius 1 is 1.18 bits per heavy atom. The second-order valence-corrected chi connectivity index (χ2v) is 7.46. The average molecular weight is 393 g/mol. The Kier molecular flexibility index (Phi) is 8.86. The van der Waals surface area contributed by atoms with Crippen LogP contribution in [-0.4, -0.2) is 69.5 Å². The monoisotopic (exact) mass is 392 g/mol. The lowest BCUT2D eigenvalue weighted by molar-refractivity contribution is 0.120. The number of guanidine groups is 1. The maximum Gasteiger partial charge on any atom is 0.191 e. The molecule has 0 amide bonds. The van der Waals surface area contributed by atoms with E-state index < -0.39 is 0 Å². The van der Waals surface area contributed by atoms with E-state index in [0.717, 1.165) is 55.3 Å². The predicted octanol–water partition coefficient (Wildman–Crippen LogP) is 2.17. The van der Waals surface area contributed by atoms with Crippen molar-refractivity contribution in [3.8, 4) is 11.5 Å².